The number of rotatable bonds is 4. The lowest BCUT2D eigenvalue weighted by molar-refractivity contribution is -0.384. The van der Waals surface area contributed by atoms with Crippen LogP contribution in [-0.4, -0.2) is 20.2 Å². The third-order valence-electron chi connectivity index (χ3n) is 4.20. The van der Waals surface area contributed by atoms with Crippen molar-refractivity contribution in [2.24, 2.45) is 7.05 Å². The fourth-order valence-electron chi connectivity index (χ4n) is 2.69. The van der Waals surface area contributed by atoms with E-state index in [0.717, 1.165) is 6.07 Å². The lowest BCUT2D eigenvalue weighted by Gasteiger charge is -2.07. The first-order valence-electron chi connectivity index (χ1n) is 7.90. The van der Waals surface area contributed by atoms with Crippen LogP contribution in [0.25, 0.3) is 5.69 Å². The molecule has 0 aliphatic rings. The highest BCUT2D eigenvalue weighted by Crippen LogP contribution is 2.25. The van der Waals surface area contributed by atoms with Crippen LogP contribution in [0.15, 0.2) is 53.3 Å². The molecule has 0 bridgehead atoms. The van der Waals surface area contributed by atoms with Gasteiger partial charge >= 0.3 is 0 Å². The van der Waals surface area contributed by atoms with Crippen molar-refractivity contribution in [3.8, 4) is 5.69 Å². The zero-order valence-corrected chi connectivity index (χ0v) is 15.2. The van der Waals surface area contributed by atoms with Crippen LogP contribution < -0.4 is 10.9 Å². The Morgan fingerprint density at radius 3 is 2.48 bits per heavy atom. The number of hydrogen-bond donors (Lipinski definition) is 1. The summed E-state index contributed by atoms with van der Waals surface area (Å²) in [5.74, 6) is -0.638. The third kappa shape index (κ3) is 3.34. The molecule has 1 amide bonds. The second-order valence-corrected chi connectivity index (χ2v) is 6.22. The van der Waals surface area contributed by atoms with Crippen LogP contribution >= 0.6 is 11.6 Å². The van der Waals surface area contributed by atoms with Gasteiger partial charge in [0.25, 0.3) is 17.2 Å². The number of carbonyl (C=O) groups excluding carboxylic acids is 1. The molecule has 9 heteroatoms. The number of aromatic nitrogens is 2. The normalized spacial score (nSPS) is 10.6. The van der Waals surface area contributed by atoms with E-state index in [0.29, 0.717) is 11.4 Å². The van der Waals surface area contributed by atoms with Crippen molar-refractivity contribution >= 4 is 28.9 Å². The molecule has 0 spiro atoms. The van der Waals surface area contributed by atoms with E-state index in [1.54, 1.807) is 42.9 Å². The van der Waals surface area contributed by atoms with Crippen molar-refractivity contribution < 1.29 is 9.72 Å². The van der Waals surface area contributed by atoms with E-state index in [9.17, 15) is 19.7 Å². The van der Waals surface area contributed by atoms with Crippen molar-refractivity contribution in [1.29, 1.82) is 0 Å². The Morgan fingerprint density at radius 2 is 1.85 bits per heavy atom. The maximum absolute atomic E-state index is 12.8. The number of para-hydroxylation sites is 1. The average molecular weight is 387 g/mol. The first kappa shape index (κ1) is 18.4. The van der Waals surface area contributed by atoms with E-state index in [1.165, 1.54) is 16.8 Å². The number of nitrogens with zero attached hydrogens (tertiary/aromatic N) is 3. The van der Waals surface area contributed by atoms with Crippen molar-refractivity contribution in [3.05, 3.63) is 85.3 Å². The molecule has 0 unspecified atom stereocenters. The van der Waals surface area contributed by atoms with Gasteiger partial charge in [-0.05, 0) is 31.2 Å². The maximum atomic E-state index is 12.8. The summed E-state index contributed by atoms with van der Waals surface area (Å²) in [7, 11) is 1.70. The van der Waals surface area contributed by atoms with Gasteiger partial charge in [-0.2, -0.15) is 0 Å². The van der Waals surface area contributed by atoms with E-state index >= 15 is 0 Å². The van der Waals surface area contributed by atoms with Gasteiger partial charge in [0.15, 0.2) is 0 Å². The molecular weight excluding hydrogens is 372 g/mol. The molecule has 0 aliphatic carbocycles. The molecule has 0 radical (unpaired) electrons. The average Bonchev–Trinajstić information content (AvgIpc) is 2.86. The van der Waals surface area contributed by atoms with Crippen LogP contribution in [0.4, 0.5) is 11.4 Å². The fourth-order valence-corrected chi connectivity index (χ4v) is 2.88. The molecule has 0 atom stereocenters. The number of nitro benzene ring substituents is 1. The minimum atomic E-state index is -0.671. The molecule has 27 heavy (non-hydrogen) atoms. The highest BCUT2D eigenvalue weighted by Gasteiger charge is 2.21. The summed E-state index contributed by atoms with van der Waals surface area (Å²) in [6.07, 6.45) is 0. The van der Waals surface area contributed by atoms with Gasteiger partial charge in [0.2, 0.25) is 0 Å². The largest absolute Gasteiger partial charge is 0.316 e. The first-order valence-corrected chi connectivity index (χ1v) is 8.28. The molecule has 138 valence electrons. The quantitative estimate of drug-likeness (QED) is 0.549. The zero-order valence-electron chi connectivity index (χ0n) is 14.5. The summed E-state index contributed by atoms with van der Waals surface area (Å²) in [4.78, 5) is 35.7. The molecule has 0 saturated heterocycles. The van der Waals surface area contributed by atoms with Gasteiger partial charge in [-0.25, -0.2) is 4.68 Å². The third-order valence-corrected chi connectivity index (χ3v) is 4.52. The highest BCUT2D eigenvalue weighted by molar-refractivity contribution is 6.32. The SMILES string of the molecule is Cc1c(NC(=O)c2ccc(Cl)c([N+](=O)[O-])c2)c(=O)n(-c2ccccc2)n1C. The summed E-state index contributed by atoms with van der Waals surface area (Å²) in [5.41, 5.74) is 0.536. The number of nitrogens with one attached hydrogen (secondary N) is 1. The molecule has 1 aromatic heterocycles. The molecule has 8 nitrogen and oxygen atoms in total. The number of hydrogen-bond acceptors (Lipinski definition) is 4. The fraction of sp³-hybridized carbons (Fsp3) is 0.111. The predicted octanol–water partition coefficient (Wildman–Crippen LogP) is 3.30. The smallest absolute Gasteiger partial charge is 0.295 e. The molecule has 2 aromatic carbocycles. The van der Waals surface area contributed by atoms with Crippen LogP contribution in [0.2, 0.25) is 5.02 Å². The van der Waals surface area contributed by atoms with Gasteiger partial charge in [0.1, 0.15) is 10.7 Å². The second kappa shape index (κ2) is 7.08. The topological polar surface area (TPSA) is 99.2 Å². The Hall–Kier alpha value is -3.39. The van der Waals surface area contributed by atoms with Crippen molar-refractivity contribution in [2.45, 2.75) is 6.92 Å². The number of halogens is 1. The van der Waals surface area contributed by atoms with Crippen LogP contribution in [0.3, 0.4) is 0 Å². The molecule has 3 aromatic rings. The Balaban J connectivity index is 2.00. The number of anilines is 1. The van der Waals surface area contributed by atoms with Gasteiger partial charge in [-0.3, -0.25) is 24.4 Å². The molecule has 0 fully saturated rings. The Morgan fingerprint density at radius 1 is 1.19 bits per heavy atom. The zero-order chi connectivity index (χ0) is 19.7. The van der Waals surface area contributed by atoms with E-state index < -0.39 is 16.4 Å². The van der Waals surface area contributed by atoms with Crippen molar-refractivity contribution in [1.82, 2.24) is 9.36 Å². The van der Waals surface area contributed by atoms with Crippen LogP contribution in [0, 0.1) is 17.0 Å². The monoisotopic (exact) mass is 386 g/mol. The van der Waals surface area contributed by atoms with Crippen LogP contribution in [-0.2, 0) is 7.05 Å². The molecule has 1 heterocycles. The minimum Gasteiger partial charge on any atom is -0.316 e. The number of carbonyl (C=O) groups is 1. The minimum absolute atomic E-state index is 0.0278. The molecule has 1 N–H and O–H groups in total. The highest BCUT2D eigenvalue weighted by atomic mass is 35.5. The van der Waals surface area contributed by atoms with Gasteiger partial charge < -0.3 is 5.32 Å². The molecule has 0 aliphatic heterocycles. The van der Waals surface area contributed by atoms with E-state index in [1.807, 2.05) is 6.07 Å². The predicted molar refractivity (Wildman–Crippen MR) is 102 cm³/mol. The van der Waals surface area contributed by atoms with E-state index in [2.05, 4.69) is 5.32 Å². The Kier molecular flexibility index (Phi) is 4.83. The summed E-state index contributed by atoms with van der Waals surface area (Å²) in [6.45, 7) is 1.70. The van der Waals surface area contributed by atoms with E-state index in [4.69, 9.17) is 11.6 Å². The second-order valence-electron chi connectivity index (χ2n) is 5.81. The first-order chi connectivity index (χ1) is 12.8. The van der Waals surface area contributed by atoms with Crippen LogP contribution in [0.5, 0.6) is 0 Å². The van der Waals surface area contributed by atoms with Crippen LogP contribution in [0.1, 0.15) is 16.1 Å². The van der Waals surface area contributed by atoms with Gasteiger partial charge in [0, 0.05) is 18.7 Å². The van der Waals surface area contributed by atoms with Gasteiger partial charge in [-0.15, -0.1) is 0 Å². The lowest BCUT2D eigenvalue weighted by atomic mass is 10.2. The number of amides is 1. The lowest BCUT2D eigenvalue weighted by Crippen LogP contribution is -2.23. The van der Waals surface area contributed by atoms with Gasteiger partial charge in [-0.1, -0.05) is 29.8 Å². The van der Waals surface area contributed by atoms with Crippen molar-refractivity contribution in [3.63, 3.8) is 0 Å². The maximum Gasteiger partial charge on any atom is 0.295 e. The summed E-state index contributed by atoms with van der Waals surface area (Å²) < 4.78 is 3.05. The number of nitro groups is 1. The van der Waals surface area contributed by atoms with Crippen molar-refractivity contribution in [2.75, 3.05) is 5.32 Å². The summed E-state index contributed by atoms with van der Waals surface area (Å²) in [6, 6.07) is 12.7. The molecule has 3 rings (SSSR count). The summed E-state index contributed by atoms with van der Waals surface area (Å²) >= 11 is 5.77. The number of benzene rings is 2. The van der Waals surface area contributed by atoms with E-state index in [-0.39, 0.29) is 22.0 Å². The summed E-state index contributed by atoms with van der Waals surface area (Å²) in [5, 5.41) is 13.5. The standard InChI is InChI=1S/C18H15ClN4O4/c1-11-16(18(25)22(21(11)2)13-6-4-3-5-7-13)20-17(24)12-8-9-14(19)15(10-12)23(26)27/h3-10H,1-2H3,(H,20,24). The Bertz CT molecular complexity index is 1100. The van der Waals surface area contributed by atoms with Gasteiger partial charge in [0.05, 0.1) is 16.3 Å². The molecule has 0 saturated carbocycles. The molecular formula is C18H15ClN4O4. The Labute approximate surface area is 158 Å².